The third-order valence-corrected chi connectivity index (χ3v) is 5.72. The Labute approximate surface area is 188 Å². The molecule has 5 aromatic rings. The number of carbonyl (C=O) groups excluding carboxylic acids is 1. The molecule has 2 heterocycles. The zero-order valence-corrected chi connectivity index (χ0v) is 18.1. The molecule has 3 aromatic carbocycles. The van der Waals surface area contributed by atoms with Crippen molar-refractivity contribution in [1.29, 1.82) is 0 Å². The van der Waals surface area contributed by atoms with Crippen LogP contribution in [0.5, 0.6) is 0 Å². The molecule has 1 amide bonds. The highest BCUT2D eigenvalue weighted by molar-refractivity contribution is 6.00. The van der Waals surface area contributed by atoms with E-state index >= 15 is 0 Å². The van der Waals surface area contributed by atoms with Crippen molar-refractivity contribution in [2.24, 2.45) is 0 Å². The Morgan fingerprint density at radius 3 is 2.45 bits per heavy atom. The van der Waals surface area contributed by atoms with Crippen LogP contribution in [0, 0.1) is 5.82 Å². The highest BCUT2D eigenvalue weighted by atomic mass is 19.1. The molecule has 164 valence electrons. The minimum Gasteiger partial charge on any atom is -0.354 e. The molecule has 3 N–H and O–H groups in total. The summed E-state index contributed by atoms with van der Waals surface area (Å²) in [5, 5.41) is 3.51. The minimum atomic E-state index is -0.900. The number of aromatic amines is 2. The van der Waals surface area contributed by atoms with Crippen LogP contribution >= 0.6 is 0 Å². The average molecular weight is 440 g/mol. The fourth-order valence-corrected chi connectivity index (χ4v) is 3.93. The summed E-state index contributed by atoms with van der Waals surface area (Å²) in [6.07, 6.45) is 1.70. The highest BCUT2D eigenvalue weighted by Crippen LogP contribution is 2.24. The van der Waals surface area contributed by atoms with Crippen LogP contribution in [-0.4, -0.2) is 20.9 Å². The van der Waals surface area contributed by atoms with Crippen LogP contribution in [0.4, 0.5) is 4.39 Å². The van der Waals surface area contributed by atoms with E-state index in [0.29, 0.717) is 22.2 Å². The van der Waals surface area contributed by atoms with Gasteiger partial charge in [-0.1, -0.05) is 42.5 Å². The molecule has 0 radical (unpaired) electrons. The summed E-state index contributed by atoms with van der Waals surface area (Å²) in [4.78, 5) is 36.6. The van der Waals surface area contributed by atoms with Crippen molar-refractivity contribution in [2.75, 3.05) is 0 Å². The van der Waals surface area contributed by atoms with Gasteiger partial charge in [0.2, 0.25) is 0 Å². The van der Waals surface area contributed by atoms with E-state index < -0.39 is 17.3 Å². The van der Waals surface area contributed by atoms with Gasteiger partial charge in [0, 0.05) is 16.3 Å². The molecule has 0 aliphatic rings. The summed E-state index contributed by atoms with van der Waals surface area (Å²) in [5.74, 6) is -0.831. The molecule has 0 aliphatic carbocycles. The van der Waals surface area contributed by atoms with Gasteiger partial charge in [0.15, 0.2) is 5.43 Å². The number of hydrogen-bond donors (Lipinski definition) is 3. The maximum absolute atomic E-state index is 14.9. The summed E-state index contributed by atoms with van der Waals surface area (Å²) in [7, 11) is 0. The number of H-pyrrole nitrogens is 2. The zero-order valence-electron chi connectivity index (χ0n) is 18.1. The molecule has 0 bridgehead atoms. The number of carbonyl (C=O) groups is 1. The number of nitrogens with one attached hydrogen (secondary N) is 3. The molecular formula is C26H21FN4O2. The van der Waals surface area contributed by atoms with Gasteiger partial charge in [0.25, 0.3) is 5.91 Å². The largest absolute Gasteiger partial charge is 0.354 e. The predicted octanol–water partition coefficient (Wildman–Crippen LogP) is 4.88. The Morgan fingerprint density at radius 2 is 1.67 bits per heavy atom. The molecular weight excluding hydrogens is 419 g/mol. The summed E-state index contributed by atoms with van der Waals surface area (Å²) < 4.78 is 14.9. The lowest BCUT2D eigenvalue weighted by molar-refractivity contribution is 0.0904. The van der Waals surface area contributed by atoms with Crippen LogP contribution in [0.1, 0.15) is 30.0 Å². The van der Waals surface area contributed by atoms with Crippen molar-refractivity contribution in [2.45, 2.75) is 19.4 Å². The maximum atomic E-state index is 14.9. The van der Waals surface area contributed by atoms with E-state index in [9.17, 15) is 14.0 Å². The molecule has 7 heteroatoms. The first kappa shape index (κ1) is 20.6. The van der Waals surface area contributed by atoms with E-state index in [-0.39, 0.29) is 16.4 Å². The second kappa shape index (κ2) is 7.70. The molecule has 0 spiro atoms. The highest BCUT2D eigenvalue weighted by Gasteiger charge is 2.28. The van der Waals surface area contributed by atoms with Gasteiger partial charge in [-0.25, -0.2) is 9.37 Å². The molecule has 5 rings (SSSR count). The predicted molar refractivity (Wildman–Crippen MR) is 127 cm³/mol. The van der Waals surface area contributed by atoms with Gasteiger partial charge < -0.3 is 15.3 Å². The Balaban J connectivity index is 1.48. The number of nitrogens with zero attached hydrogens (tertiary/aromatic N) is 1. The normalized spacial score (nSPS) is 11.7. The minimum absolute atomic E-state index is 0.156. The quantitative estimate of drug-likeness (QED) is 0.348. The van der Waals surface area contributed by atoms with Crippen molar-refractivity contribution in [1.82, 2.24) is 20.3 Å². The second-order valence-electron chi connectivity index (χ2n) is 8.47. The van der Waals surface area contributed by atoms with E-state index in [1.54, 1.807) is 44.3 Å². The topological polar surface area (TPSA) is 90.6 Å². The number of benzene rings is 3. The SMILES string of the molecule is CC(C)(NC(=O)c1cc2[nH]c3ccccc3c(=O)c2cc1F)c1ncc(-c2ccccc2)[nH]1. The number of amides is 1. The average Bonchev–Trinajstić information content (AvgIpc) is 3.31. The van der Waals surface area contributed by atoms with Crippen molar-refractivity contribution in [3.63, 3.8) is 0 Å². The zero-order chi connectivity index (χ0) is 23.2. The second-order valence-corrected chi connectivity index (χ2v) is 8.47. The van der Waals surface area contributed by atoms with E-state index in [2.05, 4.69) is 20.3 Å². The van der Waals surface area contributed by atoms with Crippen molar-refractivity contribution in [3.05, 3.63) is 100 Å². The fraction of sp³-hybridized carbons (Fsp3) is 0.115. The Kier molecular flexibility index (Phi) is 4.82. The first-order valence-corrected chi connectivity index (χ1v) is 10.5. The summed E-state index contributed by atoms with van der Waals surface area (Å²) >= 11 is 0. The first-order chi connectivity index (χ1) is 15.8. The third kappa shape index (κ3) is 3.67. The Hall–Kier alpha value is -4.26. The number of rotatable bonds is 4. The number of aromatic nitrogens is 3. The molecule has 0 saturated heterocycles. The number of imidazole rings is 1. The molecule has 6 nitrogen and oxygen atoms in total. The van der Waals surface area contributed by atoms with Crippen LogP contribution in [0.3, 0.4) is 0 Å². The van der Waals surface area contributed by atoms with Gasteiger partial charge in [0.1, 0.15) is 11.6 Å². The van der Waals surface area contributed by atoms with Crippen LogP contribution in [0.2, 0.25) is 0 Å². The van der Waals surface area contributed by atoms with Crippen LogP contribution in [-0.2, 0) is 5.54 Å². The van der Waals surface area contributed by atoms with Crippen LogP contribution in [0.15, 0.2) is 77.7 Å². The van der Waals surface area contributed by atoms with Crippen molar-refractivity contribution in [3.8, 4) is 11.3 Å². The van der Waals surface area contributed by atoms with Crippen molar-refractivity contribution < 1.29 is 9.18 Å². The standard InChI is InChI=1S/C26H21FN4O2/c1-26(2,25-28-14-22(30-25)15-8-4-3-5-9-15)31-24(33)17-13-21-18(12-19(17)27)23(32)16-10-6-7-11-20(16)29-21/h3-14H,1-2H3,(H,28,30)(H,29,32)(H,31,33). The summed E-state index contributed by atoms with van der Waals surface area (Å²) in [5.41, 5.74) is 1.46. The third-order valence-electron chi connectivity index (χ3n) is 5.72. The smallest absolute Gasteiger partial charge is 0.255 e. The number of halogens is 1. The molecule has 2 aromatic heterocycles. The van der Waals surface area contributed by atoms with Crippen molar-refractivity contribution >= 4 is 27.7 Å². The van der Waals surface area contributed by atoms with E-state index in [0.717, 1.165) is 17.3 Å². The van der Waals surface area contributed by atoms with Gasteiger partial charge in [0.05, 0.1) is 28.5 Å². The number of pyridine rings is 1. The Morgan fingerprint density at radius 1 is 0.939 bits per heavy atom. The maximum Gasteiger partial charge on any atom is 0.255 e. The van der Waals surface area contributed by atoms with Gasteiger partial charge >= 0.3 is 0 Å². The van der Waals surface area contributed by atoms with E-state index in [4.69, 9.17) is 0 Å². The lowest BCUT2D eigenvalue weighted by atomic mass is 10.0. The molecule has 33 heavy (non-hydrogen) atoms. The van der Waals surface area contributed by atoms with Gasteiger partial charge in [-0.15, -0.1) is 0 Å². The first-order valence-electron chi connectivity index (χ1n) is 10.5. The summed E-state index contributed by atoms with van der Waals surface area (Å²) in [6, 6.07) is 19.2. The van der Waals surface area contributed by atoms with Gasteiger partial charge in [-0.2, -0.15) is 0 Å². The van der Waals surface area contributed by atoms with Gasteiger partial charge in [-0.3, -0.25) is 9.59 Å². The number of fused-ring (bicyclic) bond motifs is 2. The molecule has 0 atom stereocenters. The van der Waals surface area contributed by atoms with Crippen LogP contribution < -0.4 is 10.7 Å². The van der Waals surface area contributed by atoms with E-state index in [1.165, 1.54) is 6.07 Å². The van der Waals surface area contributed by atoms with E-state index in [1.807, 2.05) is 30.3 Å². The van der Waals surface area contributed by atoms with Crippen LogP contribution in [0.25, 0.3) is 33.1 Å². The lowest BCUT2D eigenvalue weighted by Crippen LogP contribution is -2.42. The monoisotopic (exact) mass is 440 g/mol. The Bertz CT molecular complexity index is 1570. The van der Waals surface area contributed by atoms with Gasteiger partial charge in [-0.05, 0) is 43.7 Å². The molecule has 0 aliphatic heterocycles. The fourth-order valence-electron chi connectivity index (χ4n) is 3.93. The number of hydrogen-bond acceptors (Lipinski definition) is 3. The lowest BCUT2D eigenvalue weighted by Gasteiger charge is -2.24. The molecule has 0 unspecified atom stereocenters. The summed E-state index contributed by atoms with van der Waals surface area (Å²) in [6.45, 7) is 3.57. The molecule has 0 fully saturated rings. The molecule has 0 saturated carbocycles. The number of para-hydroxylation sites is 1.